The summed E-state index contributed by atoms with van der Waals surface area (Å²) in [7, 11) is 1.62. The van der Waals surface area contributed by atoms with Gasteiger partial charge in [0.1, 0.15) is 0 Å². The highest BCUT2D eigenvalue weighted by Crippen LogP contribution is 2.19. The molecule has 132 valence electrons. The van der Waals surface area contributed by atoms with Gasteiger partial charge in [0.15, 0.2) is 0 Å². The Hall–Kier alpha value is -2.66. The van der Waals surface area contributed by atoms with Gasteiger partial charge in [-0.3, -0.25) is 9.59 Å². The first-order valence-corrected chi connectivity index (χ1v) is 8.29. The standard InChI is InChI=1S/C20H25N3O2/c1-14-8-7-9-15(2)20(14)22-18(24)13-23(3)19(25)12-17(21)16-10-5-4-6-11-16/h4-11,17H,12-13,21H2,1-3H3,(H,22,24). The minimum Gasteiger partial charge on any atom is -0.336 e. The van der Waals surface area contributed by atoms with Gasteiger partial charge >= 0.3 is 0 Å². The van der Waals surface area contributed by atoms with E-state index in [4.69, 9.17) is 5.73 Å². The van der Waals surface area contributed by atoms with Crippen molar-refractivity contribution in [3.05, 3.63) is 65.2 Å². The molecule has 0 aromatic heterocycles. The molecule has 0 aliphatic heterocycles. The summed E-state index contributed by atoms with van der Waals surface area (Å²) in [4.78, 5) is 26.0. The summed E-state index contributed by atoms with van der Waals surface area (Å²) in [5.41, 5.74) is 9.77. The largest absolute Gasteiger partial charge is 0.336 e. The van der Waals surface area contributed by atoms with Gasteiger partial charge < -0.3 is 16.0 Å². The van der Waals surface area contributed by atoms with E-state index in [0.717, 1.165) is 22.4 Å². The lowest BCUT2D eigenvalue weighted by atomic mass is 10.0. The number of rotatable bonds is 6. The number of carbonyl (C=O) groups excluding carboxylic acids is 2. The number of para-hydroxylation sites is 1. The summed E-state index contributed by atoms with van der Waals surface area (Å²) < 4.78 is 0. The molecule has 0 saturated heterocycles. The van der Waals surface area contributed by atoms with Crippen LogP contribution in [0.25, 0.3) is 0 Å². The number of hydrogen-bond acceptors (Lipinski definition) is 3. The maximum atomic E-state index is 12.3. The molecule has 3 N–H and O–H groups in total. The van der Waals surface area contributed by atoms with Crippen LogP contribution in [0, 0.1) is 13.8 Å². The van der Waals surface area contributed by atoms with Crippen molar-refractivity contribution in [3.63, 3.8) is 0 Å². The fourth-order valence-electron chi connectivity index (χ4n) is 2.66. The van der Waals surface area contributed by atoms with Crippen LogP contribution in [0.3, 0.4) is 0 Å². The highest BCUT2D eigenvalue weighted by atomic mass is 16.2. The molecule has 1 unspecified atom stereocenters. The van der Waals surface area contributed by atoms with Crippen LogP contribution in [0.1, 0.15) is 29.2 Å². The van der Waals surface area contributed by atoms with Crippen LogP contribution in [0.4, 0.5) is 5.69 Å². The molecule has 0 radical (unpaired) electrons. The second kappa shape index (κ2) is 8.44. The average molecular weight is 339 g/mol. The Bertz CT molecular complexity index is 724. The molecule has 1 atom stereocenters. The van der Waals surface area contributed by atoms with Crippen LogP contribution in [0.5, 0.6) is 0 Å². The SMILES string of the molecule is Cc1cccc(C)c1NC(=O)CN(C)C(=O)CC(N)c1ccccc1. The molecule has 0 heterocycles. The van der Waals surface area contributed by atoms with Gasteiger partial charge in [0, 0.05) is 25.2 Å². The topological polar surface area (TPSA) is 75.4 Å². The number of anilines is 1. The quantitative estimate of drug-likeness (QED) is 0.850. The van der Waals surface area contributed by atoms with Crippen LogP contribution in [0.15, 0.2) is 48.5 Å². The zero-order valence-corrected chi connectivity index (χ0v) is 15.0. The summed E-state index contributed by atoms with van der Waals surface area (Å²) in [6.07, 6.45) is 0.164. The minimum atomic E-state index is -0.377. The summed E-state index contributed by atoms with van der Waals surface area (Å²) in [6, 6.07) is 14.9. The van der Waals surface area contributed by atoms with Gasteiger partial charge in [-0.2, -0.15) is 0 Å². The number of nitrogens with one attached hydrogen (secondary N) is 1. The molecule has 5 nitrogen and oxygen atoms in total. The fourth-order valence-corrected chi connectivity index (χ4v) is 2.66. The van der Waals surface area contributed by atoms with Crippen molar-refractivity contribution < 1.29 is 9.59 Å². The zero-order chi connectivity index (χ0) is 18.4. The highest BCUT2D eigenvalue weighted by molar-refractivity contribution is 5.95. The Morgan fingerprint density at radius 3 is 2.24 bits per heavy atom. The van der Waals surface area contributed by atoms with Crippen LogP contribution < -0.4 is 11.1 Å². The van der Waals surface area contributed by atoms with Crippen molar-refractivity contribution in [1.29, 1.82) is 0 Å². The van der Waals surface area contributed by atoms with Gasteiger partial charge in [0.05, 0.1) is 6.54 Å². The zero-order valence-electron chi connectivity index (χ0n) is 15.0. The van der Waals surface area contributed by atoms with Gasteiger partial charge in [0.2, 0.25) is 11.8 Å². The number of aryl methyl sites for hydroxylation is 2. The van der Waals surface area contributed by atoms with E-state index in [2.05, 4.69) is 5.32 Å². The molecular weight excluding hydrogens is 314 g/mol. The molecule has 2 rings (SSSR count). The van der Waals surface area contributed by atoms with Crippen molar-refractivity contribution in [3.8, 4) is 0 Å². The third kappa shape index (κ3) is 5.16. The molecule has 2 aromatic rings. The number of likely N-dealkylation sites (N-methyl/N-ethyl adjacent to an activating group) is 1. The van der Waals surface area contributed by atoms with Crippen LogP contribution in [-0.4, -0.2) is 30.3 Å². The first kappa shape index (κ1) is 18.7. The number of carbonyl (C=O) groups is 2. The highest BCUT2D eigenvalue weighted by Gasteiger charge is 2.18. The molecule has 0 fully saturated rings. The first-order chi connectivity index (χ1) is 11.9. The molecule has 5 heteroatoms. The van der Waals surface area contributed by atoms with Gasteiger partial charge in [-0.1, -0.05) is 48.5 Å². The van der Waals surface area contributed by atoms with Crippen molar-refractivity contribution in [2.45, 2.75) is 26.3 Å². The number of hydrogen-bond donors (Lipinski definition) is 2. The van der Waals surface area contributed by atoms with Crippen molar-refractivity contribution in [1.82, 2.24) is 4.90 Å². The van der Waals surface area contributed by atoms with E-state index in [1.54, 1.807) is 7.05 Å². The molecular formula is C20H25N3O2. The Labute approximate surface area is 148 Å². The van der Waals surface area contributed by atoms with Crippen molar-refractivity contribution >= 4 is 17.5 Å². The van der Waals surface area contributed by atoms with Crippen LogP contribution in [0.2, 0.25) is 0 Å². The fraction of sp³-hybridized carbons (Fsp3) is 0.300. The molecule has 0 bridgehead atoms. The Morgan fingerprint density at radius 1 is 1.04 bits per heavy atom. The normalized spacial score (nSPS) is 11.7. The van der Waals surface area contributed by atoms with Crippen molar-refractivity contribution in [2.75, 3.05) is 18.9 Å². The summed E-state index contributed by atoms with van der Waals surface area (Å²) in [5.74, 6) is -0.380. The van der Waals surface area contributed by atoms with Crippen LogP contribution in [-0.2, 0) is 9.59 Å². The Morgan fingerprint density at radius 2 is 1.64 bits per heavy atom. The molecule has 0 aliphatic rings. The molecule has 0 saturated carbocycles. The van der Waals surface area contributed by atoms with E-state index in [1.165, 1.54) is 4.90 Å². The summed E-state index contributed by atoms with van der Waals surface area (Å²) in [6.45, 7) is 3.88. The lowest BCUT2D eigenvalue weighted by Gasteiger charge is -2.20. The first-order valence-electron chi connectivity index (χ1n) is 8.29. The van der Waals surface area contributed by atoms with E-state index >= 15 is 0 Å². The van der Waals surface area contributed by atoms with Gasteiger partial charge in [0.25, 0.3) is 0 Å². The lowest BCUT2D eigenvalue weighted by Crippen LogP contribution is -2.36. The third-order valence-corrected chi connectivity index (χ3v) is 4.17. The monoisotopic (exact) mass is 339 g/mol. The second-order valence-corrected chi connectivity index (χ2v) is 6.29. The number of benzene rings is 2. The second-order valence-electron chi connectivity index (χ2n) is 6.29. The number of nitrogens with zero attached hydrogens (tertiary/aromatic N) is 1. The summed E-state index contributed by atoms with van der Waals surface area (Å²) in [5, 5.41) is 2.89. The van der Waals surface area contributed by atoms with E-state index in [1.807, 2.05) is 62.4 Å². The third-order valence-electron chi connectivity index (χ3n) is 4.17. The Balaban J connectivity index is 1.91. The lowest BCUT2D eigenvalue weighted by molar-refractivity contribution is -0.133. The van der Waals surface area contributed by atoms with Crippen molar-refractivity contribution in [2.24, 2.45) is 5.73 Å². The molecule has 2 aromatic carbocycles. The van der Waals surface area contributed by atoms with E-state index in [9.17, 15) is 9.59 Å². The van der Waals surface area contributed by atoms with Gasteiger partial charge in [-0.15, -0.1) is 0 Å². The average Bonchev–Trinajstić information content (AvgIpc) is 2.59. The van der Waals surface area contributed by atoms with E-state index in [-0.39, 0.29) is 30.8 Å². The number of amides is 2. The maximum absolute atomic E-state index is 12.3. The predicted molar refractivity (Wildman–Crippen MR) is 100 cm³/mol. The van der Waals surface area contributed by atoms with Gasteiger partial charge in [-0.05, 0) is 30.5 Å². The van der Waals surface area contributed by atoms with E-state index < -0.39 is 0 Å². The molecule has 0 aliphatic carbocycles. The summed E-state index contributed by atoms with van der Waals surface area (Å²) >= 11 is 0. The smallest absolute Gasteiger partial charge is 0.243 e. The molecule has 25 heavy (non-hydrogen) atoms. The Kier molecular flexibility index (Phi) is 6.31. The van der Waals surface area contributed by atoms with Gasteiger partial charge in [-0.25, -0.2) is 0 Å². The maximum Gasteiger partial charge on any atom is 0.243 e. The predicted octanol–water partition coefficient (Wildman–Crippen LogP) is 2.79. The molecule has 0 spiro atoms. The van der Waals surface area contributed by atoms with E-state index in [0.29, 0.717) is 0 Å². The number of nitrogens with two attached hydrogens (primary N) is 1. The minimum absolute atomic E-state index is 0.00584. The molecule has 2 amide bonds. The van der Waals surface area contributed by atoms with Crippen LogP contribution >= 0.6 is 0 Å².